The predicted molar refractivity (Wildman–Crippen MR) is 187 cm³/mol. The summed E-state index contributed by atoms with van der Waals surface area (Å²) in [6.07, 6.45) is 3.44. The number of hydrogen-bond acceptors (Lipinski definition) is 8. The summed E-state index contributed by atoms with van der Waals surface area (Å²) in [5, 5.41) is 11.9. The highest BCUT2D eigenvalue weighted by atomic mass is 32.1. The molecular weight excluding hydrogens is 685 g/mol. The van der Waals surface area contributed by atoms with Crippen LogP contribution in [0, 0.1) is 11.6 Å². The fourth-order valence-corrected chi connectivity index (χ4v) is 7.84. The molecule has 5 aromatic rings. The topological polar surface area (TPSA) is 88.0 Å². The molecule has 2 aliphatic rings. The zero-order chi connectivity index (χ0) is 35.9. The van der Waals surface area contributed by atoms with Gasteiger partial charge in [0.2, 0.25) is 5.91 Å². The van der Waals surface area contributed by atoms with Crippen molar-refractivity contribution in [3.63, 3.8) is 0 Å². The van der Waals surface area contributed by atoms with Crippen LogP contribution in [0.3, 0.4) is 0 Å². The number of aliphatic hydroxyl groups excluding tert-OH is 1. The summed E-state index contributed by atoms with van der Waals surface area (Å²) in [5.74, 6) is -5.05. The maximum Gasteiger partial charge on any atom is 0.285 e. The molecule has 0 saturated carbocycles. The van der Waals surface area contributed by atoms with E-state index in [1.807, 2.05) is 17.5 Å². The molecule has 2 aliphatic heterocycles. The SMILES string of the molecule is C=CC(=O)N1CCc2ncc(-c3nc(-c4ccc5c(c4)CN(CCO)CC5(F)F)c4ccsc4c3-c3c(F)cc(F)cc3OCCOC)cc2C1. The van der Waals surface area contributed by atoms with E-state index in [-0.39, 0.29) is 62.2 Å². The van der Waals surface area contributed by atoms with Gasteiger partial charge in [-0.05, 0) is 40.8 Å². The monoisotopic (exact) mass is 718 g/mol. The highest BCUT2D eigenvalue weighted by molar-refractivity contribution is 7.18. The van der Waals surface area contributed by atoms with E-state index >= 15 is 13.2 Å². The third-order valence-corrected chi connectivity index (χ3v) is 10.2. The molecule has 0 bridgehead atoms. The van der Waals surface area contributed by atoms with Crippen LogP contribution in [0.4, 0.5) is 17.6 Å². The molecule has 0 unspecified atom stereocenters. The largest absolute Gasteiger partial charge is 0.490 e. The van der Waals surface area contributed by atoms with E-state index in [1.165, 1.54) is 35.5 Å². The number of carbonyl (C=O) groups is 1. The van der Waals surface area contributed by atoms with Crippen LogP contribution in [-0.2, 0) is 35.0 Å². The number of aromatic nitrogens is 2. The van der Waals surface area contributed by atoms with Gasteiger partial charge in [0.15, 0.2) is 0 Å². The lowest BCUT2D eigenvalue weighted by Crippen LogP contribution is -2.41. The Morgan fingerprint density at radius 3 is 2.67 bits per heavy atom. The van der Waals surface area contributed by atoms with E-state index in [2.05, 4.69) is 6.58 Å². The lowest BCUT2D eigenvalue weighted by atomic mass is 9.91. The van der Waals surface area contributed by atoms with Crippen LogP contribution in [0.25, 0.3) is 43.7 Å². The Labute approximate surface area is 295 Å². The van der Waals surface area contributed by atoms with Gasteiger partial charge in [-0.15, -0.1) is 11.3 Å². The number of aliphatic hydroxyl groups is 1. The van der Waals surface area contributed by atoms with Gasteiger partial charge >= 0.3 is 0 Å². The molecule has 2 aromatic carbocycles. The number of pyridine rings is 2. The number of rotatable bonds is 10. The molecular formula is C38H34F4N4O4S. The molecule has 0 atom stereocenters. The molecule has 7 rings (SSSR count). The number of amides is 1. The number of thiophene rings is 1. The van der Waals surface area contributed by atoms with Crippen LogP contribution in [0.5, 0.6) is 5.75 Å². The Morgan fingerprint density at radius 2 is 1.88 bits per heavy atom. The molecule has 1 amide bonds. The summed E-state index contributed by atoms with van der Waals surface area (Å²) in [7, 11) is 1.49. The van der Waals surface area contributed by atoms with Crippen molar-refractivity contribution in [3.8, 4) is 39.4 Å². The van der Waals surface area contributed by atoms with E-state index in [9.17, 15) is 14.3 Å². The Morgan fingerprint density at radius 1 is 1.06 bits per heavy atom. The predicted octanol–water partition coefficient (Wildman–Crippen LogP) is 6.97. The van der Waals surface area contributed by atoms with Crippen molar-refractivity contribution in [1.82, 2.24) is 19.8 Å². The van der Waals surface area contributed by atoms with Gasteiger partial charge in [0.25, 0.3) is 5.92 Å². The Bertz CT molecular complexity index is 2160. The molecule has 1 N–H and O–H groups in total. The molecule has 0 radical (unpaired) electrons. The van der Waals surface area contributed by atoms with Gasteiger partial charge in [-0.2, -0.15) is 8.78 Å². The zero-order valence-electron chi connectivity index (χ0n) is 27.7. The van der Waals surface area contributed by atoms with Crippen molar-refractivity contribution < 1.29 is 36.9 Å². The van der Waals surface area contributed by atoms with Gasteiger partial charge < -0.3 is 19.5 Å². The average molecular weight is 719 g/mol. The number of halogens is 4. The third-order valence-electron chi connectivity index (χ3n) is 9.23. The quantitative estimate of drug-likeness (QED) is 0.0949. The van der Waals surface area contributed by atoms with Crippen LogP contribution in [0.15, 0.2) is 66.7 Å². The van der Waals surface area contributed by atoms with E-state index < -0.39 is 24.1 Å². The van der Waals surface area contributed by atoms with Crippen molar-refractivity contribution in [3.05, 3.63) is 101 Å². The zero-order valence-corrected chi connectivity index (χ0v) is 28.5. The van der Waals surface area contributed by atoms with Crippen LogP contribution < -0.4 is 4.74 Å². The van der Waals surface area contributed by atoms with Crippen molar-refractivity contribution in [2.45, 2.75) is 25.4 Å². The first-order chi connectivity index (χ1) is 24.6. The minimum Gasteiger partial charge on any atom is -0.490 e. The summed E-state index contributed by atoms with van der Waals surface area (Å²) in [6, 6.07) is 10.3. The van der Waals surface area contributed by atoms with E-state index in [4.69, 9.17) is 19.4 Å². The second-order valence-electron chi connectivity index (χ2n) is 12.5. The Balaban J connectivity index is 1.47. The minimum atomic E-state index is -3.11. The number of fused-ring (bicyclic) bond motifs is 3. The highest BCUT2D eigenvalue weighted by Gasteiger charge is 2.40. The Hall–Kier alpha value is -4.69. The number of carbonyl (C=O) groups excluding carboxylic acids is 1. The molecule has 51 heavy (non-hydrogen) atoms. The summed E-state index contributed by atoms with van der Waals surface area (Å²) >= 11 is 1.33. The number of β-amino-alcohol motifs (C(OH)–C–C–N with tert-alkyl or cyclic N) is 1. The van der Waals surface area contributed by atoms with Crippen LogP contribution in [0.2, 0.25) is 0 Å². The first-order valence-electron chi connectivity index (χ1n) is 16.4. The van der Waals surface area contributed by atoms with Crippen LogP contribution >= 0.6 is 11.3 Å². The molecule has 0 spiro atoms. The smallest absolute Gasteiger partial charge is 0.285 e. The van der Waals surface area contributed by atoms with Gasteiger partial charge in [0.05, 0.1) is 36.7 Å². The van der Waals surface area contributed by atoms with E-state index in [0.29, 0.717) is 56.7 Å². The average Bonchev–Trinajstić information content (AvgIpc) is 3.60. The molecule has 0 aliphatic carbocycles. The second kappa shape index (κ2) is 14.1. The van der Waals surface area contributed by atoms with Gasteiger partial charge in [-0.1, -0.05) is 18.7 Å². The summed E-state index contributed by atoms with van der Waals surface area (Å²) in [4.78, 5) is 25.6. The first kappa shape index (κ1) is 34.7. The van der Waals surface area contributed by atoms with E-state index in [0.717, 1.165) is 23.4 Å². The molecule has 264 valence electrons. The number of nitrogens with zero attached hydrogens (tertiary/aromatic N) is 4. The van der Waals surface area contributed by atoms with Crippen molar-refractivity contribution in [1.29, 1.82) is 0 Å². The first-order valence-corrected chi connectivity index (χ1v) is 17.3. The van der Waals surface area contributed by atoms with Crippen molar-refractivity contribution in [2.24, 2.45) is 0 Å². The summed E-state index contributed by atoms with van der Waals surface area (Å²) in [6.45, 7) is 4.15. The highest BCUT2D eigenvalue weighted by Crippen LogP contribution is 2.48. The number of hydrogen-bond donors (Lipinski definition) is 1. The second-order valence-corrected chi connectivity index (χ2v) is 13.4. The lowest BCUT2D eigenvalue weighted by Gasteiger charge is -2.34. The summed E-state index contributed by atoms with van der Waals surface area (Å²) < 4.78 is 72.9. The Kier molecular flexibility index (Phi) is 9.64. The van der Waals surface area contributed by atoms with Gasteiger partial charge in [-0.25, -0.2) is 13.8 Å². The molecule has 5 heterocycles. The maximum atomic E-state index is 16.1. The van der Waals surface area contributed by atoms with E-state index in [1.54, 1.807) is 23.2 Å². The van der Waals surface area contributed by atoms with Crippen molar-refractivity contribution >= 4 is 27.3 Å². The van der Waals surface area contributed by atoms with Crippen molar-refractivity contribution in [2.75, 3.05) is 46.6 Å². The molecule has 3 aromatic heterocycles. The fourth-order valence-electron chi connectivity index (χ4n) is 6.89. The fraction of sp³-hybridized carbons (Fsp3) is 0.289. The molecule has 8 nitrogen and oxygen atoms in total. The van der Waals surface area contributed by atoms with Gasteiger partial charge in [0, 0.05) is 96.1 Å². The normalized spacial score (nSPS) is 15.5. The number of methoxy groups -OCH3 is 1. The summed E-state index contributed by atoms with van der Waals surface area (Å²) in [5.41, 5.74) is 4.14. The third kappa shape index (κ3) is 6.62. The molecule has 0 saturated heterocycles. The van der Waals surface area contributed by atoms with Crippen LogP contribution in [-0.4, -0.2) is 77.3 Å². The van der Waals surface area contributed by atoms with Crippen LogP contribution in [0.1, 0.15) is 22.4 Å². The molecule has 0 fully saturated rings. The maximum absolute atomic E-state index is 16.1. The van der Waals surface area contributed by atoms with Gasteiger partial charge in [0.1, 0.15) is 24.0 Å². The number of benzene rings is 2. The number of ether oxygens (including phenoxy) is 2. The minimum absolute atomic E-state index is 0.0000798. The lowest BCUT2D eigenvalue weighted by molar-refractivity contribution is -0.126. The number of alkyl halides is 2. The molecule has 13 heteroatoms. The standard InChI is InChI=1S/C38H34F4N4O4S/c1-3-32(48)46-8-6-30-25(20-46)15-23(18-43-30)36-34(33-29(40)16-26(39)17-31(33)50-12-11-49-2)37-27(7-13-51-37)35(44-36)22-4-5-28-24(14-22)19-45(9-10-47)21-38(28,41)42/h3-5,7,13-18,47H,1,6,8-12,19-21H2,2H3. The van der Waals surface area contributed by atoms with Gasteiger partial charge in [-0.3, -0.25) is 14.7 Å².